The normalized spacial score (nSPS) is 29.9. The molecule has 3 rings (SSSR count). The van der Waals surface area contributed by atoms with Gasteiger partial charge in [0.1, 0.15) is 0 Å². The standard InChI is InChI=1S/C12H19FN2O/c13-12(3-4-12)11(16)15-5-1-9(2-6-15)10-7-14-8-10/h9-10,14H,1-8H2. The third-order valence-corrected chi connectivity index (χ3v) is 4.38. The summed E-state index contributed by atoms with van der Waals surface area (Å²) < 4.78 is 13.6. The number of hydrogen-bond donors (Lipinski definition) is 1. The summed E-state index contributed by atoms with van der Waals surface area (Å²) >= 11 is 0. The van der Waals surface area contributed by atoms with Crippen molar-refractivity contribution in [1.29, 1.82) is 0 Å². The average molecular weight is 226 g/mol. The summed E-state index contributed by atoms with van der Waals surface area (Å²) in [6.45, 7) is 3.80. The lowest BCUT2D eigenvalue weighted by atomic mass is 9.81. The number of likely N-dealkylation sites (tertiary alicyclic amines) is 1. The number of alkyl halides is 1. The van der Waals surface area contributed by atoms with Crippen molar-refractivity contribution in [1.82, 2.24) is 10.2 Å². The Labute approximate surface area is 95.4 Å². The summed E-state index contributed by atoms with van der Waals surface area (Å²) in [5.74, 6) is 1.32. The first-order valence-electron chi connectivity index (χ1n) is 6.38. The van der Waals surface area contributed by atoms with Gasteiger partial charge in [0.15, 0.2) is 5.67 Å². The minimum atomic E-state index is -1.47. The van der Waals surface area contributed by atoms with E-state index in [2.05, 4.69) is 5.32 Å². The monoisotopic (exact) mass is 226 g/mol. The Kier molecular flexibility index (Phi) is 2.42. The zero-order valence-corrected chi connectivity index (χ0v) is 9.54. The van der Waals surface area contributed by atoms with Gasteiger partial charge in [0.05, 0.1) is 0 Å². The summed E-state index contributed by atoms with van der Waals surface area (Å²) in [6.07, 6.45) is 3.01. The number of nitrogens with zero attached hydrogens (tertiary/aromatic N) is 1. The van der Waals surface area contributed by atoms with Crippen molar-refractivity contribution in [3.63, 3.8) is 0 Å². The van der Waals surface area contributed by atoms with Crippen LogP contribution < -0.4 is 5.32 Å². The van der Waals surface area contributed by atoms with Gasteiger partial charge < -0.3 is 10.2 Å². The molecule has 90 valence electrons. The Balaban J connectivity index is 1.52. The van der Waals surface area contributed by atoms with Gasteiger partial charge in [-0.3, -0.25) is 4.79 Å². The fraction of sp³-hybridized carbons (Fsp3) is 0.917. The van der Waals surface area contributed by atoms with Gasteiger partial charge in [-0.25, -0.2) is 4.39 Å². The Morgan fingerprint density at radius 3 is 2.25 bits per heavy atom. The molecule has 2 heterocycles. The van der Waals surface area contributed by atoms with E-state index in [4.69, 9.17) is 0 Å². The second-order valence-corrected chi connectivity index (χ2v) is 5.51. The average Bonchev–Trinajstić information content (AvgIpc) is 2.96. The Bertz CT molecular complexity index is 291. The van der Waals surface area contributed by atoms with Crippen molar-refractivity contribution in [2.75, 3.05) is 26.2 Å². The maximum atomic E-state index is 13.6. The lowest BCUT2D eigenvalue weighted by Gasteiger charge is -2.40. The van der Waals surface area contributed by atoms with Crippen LogP contribution >= 0.6 is 0 Å². The molecular weight excluding hydrogens is 207 g/mol. The Morgan fingerprint density at radius 2 is 1.81 bits per heavy atom. The van der Waals surface area contributed by atoms with Gasteiger partial charge in [0.2, 0.25) is 0 Å². The molecule has 16 heavy (non-hydrogen) atoms. The van der Waals surface area contributed by atoms with E-state index in [9.17, 15) is 9.18 Å². The zero-order valence-electron chi connectivity index (χ0n) is 9.54. The second-order valence-electron chi connectivity index (χ2n) is 5.51. The summed E-state index contributed by atoms with van der Waals surface area (Å²) in [5, 5.41) is 3.29. The topological polar surface area (TPSA) is 32.3 Å². The molecule has 3 aliphatic rings. The summed E-state index contributed by atoms with van der Waals surface area (Å²) in [7, 11) is 0. The first-order valence-corrected chi connectivity index (χ1v) is 6.38. The van der Waals surface area contributed by atoms with E-state index in [1.165, 1.54) is 0 Å². The fourth-order valence-electron chi connectivity index (χ4n) is 2.83. The van der Waals surface area contributed by atoms with Gasteiger partial charge >= 0.3 is 0 Å². The van der Waals surface area contributed by atoms with Crippen molar-refractivity contribution in [3.05, 3.63) is 0 Å². The van der Waals surface area contributed by atoms with Crippen LogP contribution in [0.3, 0.4) is 0 Å². The molecule has 1 aliphatic carbocycles. The second kappa shape index (κ2) is 3.69. The van der Waals surface area contributed by atoms with Crippen molar-refractivity contribution in [2.45, 2.75) is 31.4 Å². The van der Waals surface area contributed by atoms with E-state index >= 15 is 0 Å². The van der Waals surface area contributed by atoms with E-state index in [0.717, 1.165) is 50.9 Å². The lowest BCUT2D eigenvalue weighted by molar-refractivity contribution is -0.140. The first-order chi connectivity index (χ1) is 7.69. The van der Waals surface area contributed by atoms with Crippen LogP contribution in [0.1, 0.15) is 25.7 Å². The first kappa shape index (κ1) is 10.5. The van der Waals surface area contributed by atoms with Crippen LogP contribution in [0.25, 0.3) is 0 Å². The number of carbonyl (C=O) groups is 1. The minimum absolute atomic E-state index is 0.238. The number of halogens is 1. The molecule has 1 N–H and O–H groups in total. The number of nitrogens with one attached hydrogen (secondary N) is 1. The van der Waals surface area contributed by atoms with Crippen molar-refractivity contribution >= 4 is 5.91 Å². The maximum Gasteiger partial charge on any atom is 0.260 e. The van der Waals surface area contributed by atoms with Crippen LogP contribution in [-0.4, -0.2) is 42.7 Å². The van der Waals surface area contributed by atoms with Gasteiger partial charge in [-0.05, 0) is 50.6 Å². The fourth-order valence-corrected chi connectivity index (χ4v) is 2.83. The molecule has 4 heteroatoms. The van der Waals surface area contributed by atoms with Gasteiger partial charge in [-0.1, -0.05) is 0 Å². The SMILES string of the molecule is O=C(N1CCC(C2CNC2)CC1)C1(F)CC1. The number of carbonyl (C=O) groups excluding carboxylic acids is 1. The Morgan fingerprint density at radius 1 is 1.19 bits per heavy atom. The predicted molar refractivity (Wildman–Crippen MR) is 58.7 cm³/mol. The zero-order chi connectivity index (χ0) is 11.2. The summed E-state index contributed by atoms with van der Waals surface area (Å²) in [6, 6.07) is 0. The molecule has 0 spiro atoms. The highest BCUT2D eigenvalue weighted by molar-refractivity contribution is 5.88. The third kappa shape index (κ3) is 1.73. The minimum Gasteiger partial charge on any atom is -0.340 e. The van der Waals surface area contributed by atoms with Gasteiger partial charge in [0, 0.05) is 13.1 Å². The highest BCUT2D eigenvalue weighted by Crippen LogP contribution is 2.42. The van der Waals surface area contributed by atoms with Crippen LogP contribution in [-0.2, 0) is 4.79 Å². The number of piperidine rings is 1. The van der Waals surface area contributed by atoms with Gasteiger partial charge in [0.25, 0.3) is 5.91 Å². The quantitative estimate of drug-likeness (QED) is 0.760. The summed E-state index contributed by atoms with van der Waals surface area (Å²) in [4.78, 5) is 13.5. The van der Waals surface area contributed by atoms with Crippen LogP contribution in [0.15, 0.2) is 0 Å². The van der Waals surface area contributed by atoms with Crippen LogP contribution in [0.5, 0.6) is 0 Å². The Hall–Kier alpha value is -0.640. The molecule has 0 aromatic heterocycles. The van der Waals surface area contributed by atoms with E-state index in [1.54, 1.807) is 4.90 Å². The van der Waals surface area contributed by atoms with E-state index in [-0.39, 0.29) is 5.91 Å². The number of hydrogen-bond acceptors (Lipinski definition) is 2. The van der Waals surface area contributed by atoms with Crippen LogP contribution in [0.4, 0.5) is 4.39 Å². The molecule has 0 radical (unpaired) electrons. The molecule has 1 saturated carbocycles. The van der Waals surface area contributed by atoms with Gasteiger partial charge in [-0.2, -0.15) is 0 Å². The smallest absolute Gasteiger partial charge is 0.260 e. The van der Waals surface area contributed by atoms with Crippen molar-refractivity contribution in [3.8, 4) is 0 Å². The molecule has 0 bridgehead atoms. The molecule has 2 saturated heterocycles. The van der Waals surface area contributed by atoms with E-state index in [1.807, 2.05) is 0 Å². The molecule has 1 amide bonds. The molecule has 3 fully saturated rings. The van der Waals surface area contributed by atoms with E-state index < -0.39 is 5.67 Å². The summed E-state index contributed by atoms with van der Waals surface area (Å²) in [5.41, 5.74) is -1.47. The highest BCUT2D eigenvalue weighted by Gasteiger charge is 2.53. The lowest BCUT2D eigenvalue weighted by Crippen LogP contribution is -2.51. The largest absolute Gasteiger partial charge is 0.340 e. The van der Waals surface area contributed by atoms with Gasteiger partial charge in [-0.15, -0.1) is 0 Å². The predicted octanol–water partition coefficient (Wildman–Crippen LogP) is 0.946. The number of rotatable bonds is 2. The number of amides is 1. The molecule has 0 unspecified atom stereocenters. The maximum absolute atomic E-state index is 13.6. The van der Waals surface area contributed by atoms with Crippen molar-refractivity contribution < 1.29 is 9.18 Å². The molecular formula is C12H19FN2O. The molecule has 0 aromatic rings. The van der Waals surface area contributed by atoms with E-state index in [0.29, 0.717) is 12.8 Å². The van der Waals surface area contributed by atoms with Crippen LogP contribution in [0, 0.1) is 11.8 Å². The molecule has 0 atom stereocenters. The molecule has 3 nitrogen and oxygen atoms in total. The van der Waals surface area contributed by atoms with Crippen LogP contribution in [0.2, 0.25) is 0 Å². The van der Waals surface area contributed by atoms with Crippen molar-refractivity contribution in [2.24, 2.45) is 11.8 Å². The highest BCUT2D eigenvalue weighted by atomic mass is 19.1. The molecule has 2 aliphatic heterocycles. The third-order valence-electron chi connectivity index (χ3n) is 4.38. The molecule has 0 aromatic carbocycles.